The van der Waals surface area contributed by atoms with Gasteiger partial charge in [-0.05, 0) is 38.9 Å². The highest BCUT2D eigenvalue weighted by Crippen LogP contribution is 2.36. The van der Waals surface area contributed by atoms with Crippen molar-refractivity contribution < 1.29 is 19.4 Å². The van der Waals surface area contributed by atoms with Gasteiger partial charge in [0.15, 0.2) is 17.6 Å². The Morgan fingerprint density at radius 3 is 2.67 bits per heavy atom. The second-order valence-electron chi connectivity index (χ2n) is 5.18. The van der Waals surface area contributed by atoms with Gasteiger partial charge in [-0.1, -0.05) is 11.6 Å². The predicted octanol–water partition coefficient (Wildman–Crippen LogP) is 2.80. The Labute approximate surface area is 129 Å². The van der Waals surface area contributed by atoms with E-state index in [4.69, 9.17) is 26.2 Å². The number of aliphatic carboxylic acids is 1. The molecule has 1 aromatic carbocycles. The number of methoxy groups -OCH3 is 1. The molecule has 1 aromatic rings. The SMILES string of the molecule is COc1cc(Cl)cc(CN2CCCC2)c1O[C@@H](C)C(=O)O. The summed E-state index contributed by atoms with van der Waals surface area (Å²) in [7, 11) is 1.52. The molecule has 6 heteroatoms. The van der Waals surface area contributed by atoms with Crippen LogP contribution in [0.5, 0.6) is 11.5 Å². The Bertz CT molecular complexity index is 515. The molecule has 0 saturated carbocycles. The van der Waals surface area contributed by atoms with E-state index in [-0.39, 0.29) is 0 Å². The van der Waals surface area contributed by atoms with Gasteiger partial charge in [0.1, 0.15) is 0 Å². The largest absolute Gasteiger partial charge is 0.493 e. The monoisotopic (exact) mass is 313 g/mol. The maximum Gasteiger partial charge on any atom is 0.344 e. The zero-order chi connectivity index (χ0) is 15.4. The molecule has 1 heterocycles. The molecule has 0 aromatic heterocycles. The number of hydrogen-bond donors (Lipinski definition) is 1. The Morgan fingerprint density at radius 2 is 2.10 bits per heavy atom. The Morgan fingerprint density at radius 1 is 1.43 bits per heavy atom. The maximum atomic E-state index is 11.0. The summed E-state index contributed by atoms with van der Waals surface area (Å²) in [5.74, 6) is -0.0902. The Hall–Kier alpha value is -1.46. The second-order valence-corrected chi connectivity index (χ2v) is 5.61. The van der Waals surface area contributed by atoms with E-state index in [2.05, 4.69) is 4.90 Å². The summed E-state index contributed by atoms with van der Waals surface area (Å²) in [4.78, 5) is 13.3. The fourth-order valence-electron chi connectivity index (χ4n) is 2.43. The number of rotatable bonds is 6. The van der Waals surface area contributed by atoms with Crippen molar-refractivity contribution in [3.8, 4) is 11.5 Å². The van der Waals surface area contributed by atoms with E-state index in [1.54, 1.807) is 6.07 Å². The Balaban J connectivity index is 2.30. The number of hydrogen-bond acceptors (Lipinski definition) is 4. The quantitative estimate of drug-likeness (QED) is 0.875. The lowest BCUT2D eigenvalue weighted by atomic mass is 10.1. The molecule has 0 aliphatic carbocycles. The molecule has 1 saturated heterocycles. The molecule has 1 N–H and O–H groups in total. The van der Waals surface area contributed by atoms with E-state index >= 15 is 0 Å². The van der Waals surface area contributed by atoms with E-state index in [1.165, 1.54) is 26.9 Å². The molecule has 0 spiro atoms. The van der Waals surface area contributed by atoms with Crippen LogP contribution in [0, 0.1) is 0 Å². The van der Waals surface area contributed by atoms with Gasteiger partial charge in [-0.15, -0.1) is 0 Å². The first-order valence-corrected chi connectivity index (χ1v) is 7.37. The highest BCUT2D eigenvalue weighted by Gasteiger charge is 2.22. The minimum Gasteiger partial charge on any atom is -0.493 e. The topological polar surface area (TPSA) is 59.0 Å². The van der Waals surface area contributed by atoms with Crippen LogP contribution < -0.4 is 9.47 Å². The van der Waals surface area contributed by atoms with Crippen LogP contribution in [0.1, 0.15) is 25.3 Å². The summed E-state index contributed by atoms with van der Waals surface area (Å²) in [6.45, 7) is 4.24. The van der Waals surface area contributed by atoms with Crippen LogP contribution in [0.3, 0.4) is 0 Å². The lowest BCUT2D eigenvalue weighted by Gasteiger charge is -2.21. The normalized spacial score (nSPS) is 16.7. The summed E-state index contributed by atoms with van der Waals surface area (Å²) >= 11 is 6.11. The Kier molecular flexibility index (Phi) is 5.31. The first-order valence-electron chi connectivity index (χ1n) is 6.99. The minimum absolute atomic E-state index is 0.462. The van der Waals surface area contributed by atoms with Crippen LogP contribution in [0.2, 0.25) is 5.02 Å². The first kappa shape index (κ1) is 15.9. The number of likely N-dealkylation sites (tertiary alicyclic amines) is 1. The maximum absolute atomic E-state index is 11.0. The number of nitrogens with zero attached hydrogens (tertiary/aromatic N) is 1. The smallest absolute Gasteiger partial charge is 0.344 e. The molecule has 1 fully saturated rings. The third-order valence-corrected chi connectivity index (χ3v) is 3.77. The summed E-state index contributed by atoms with van der Waals surface area (Å²) in [5, 5.41) is 9.59. The van der Waals surface area contributed by atoms with Crippen molar-refractivity contribution in [1.82, 2.24) is 4.90 Å². The van der Waals surface area contributed by atoms with E-state index in [0.717, 1.165) is 18.7 Å². The number of ether oxygens (including phenoxy) is 2. The highest BCUT2D eigenvalue weighted by molar-refractivity contribution is 6.30. The van der Waals surface area contributed by atoms with Crippen LogP contribution >= 0.6 is 11.6 Å². The van der Waals surface area contributed by atoms with Gasteiger partial charge >= 0.3 is 5.97 Å². The lowest BCUT2D eigenvalue weighted by molar-refractivity contribution is -0.144. The van der Waals surface area contributed by atoms with Crippen LogP contribution in [0.25, 0.3) is 0 Å². The standard InChI is InChI=1S/C15H20ClNO4/c1-10(15(18)19)21-14-11(9-17-5-3-4-6-17)7-12(16)8-13(14)20-2/h7-8,10H,3-6,9H2,1-2H3,(H,18,19)/t10-/m0/s1. The number of carbonyl (C=O) groups is 1. The number of halogens is 1. The molecule has 1 aliphatic rings. The van der Waals surface area contributed by atoms with Crippen LogP contribution in [-0.2, 0) is 11.3 Å². The van der Waals surface area contributed by atoms with Crippen molar-refractivity contribution in [3.05, 3.63) is 22.7 Å². The molecular formula is C15H20ClNO4. The van der Waals surface area contributed by atoms with Crippen LogP contribution in [0.4, 0.5) is 0 Å². The third kappa shape index (κ3) is 4.02. The fourth-order valence-corrected chi connectivity index (χ4v) is 2.67. The summed E-state index contributed by atoms with van der Waals surface area (Å²) in [6.07, 6.45) is 1.41. The van der Waals surface area contributed by atoms with Crippen molar-refractivity contribution >= 4 is 17.6 Å². The lowest BCUT2D eigenvalue weighted by Crippen LogP contribution is -2.25. The van der Waals surface area contributed by atoms with Crippen molar-refractivity contribution in [2.75, 3.05) is 20.2 Å². The fraction of sp³-hybridized carbons (Fsp3) is 0.533. The predicted molar refractivity (Wildman–Crippen MR) is 80.2 cm³/mol. The third-order valence-electron chi connectivity index (χ3n) is 3.55. The van der Waals surface area contributed by atoms with Gasteiger partial charge in [-0.2, -0.15) is 0 Å². The van der Waals surface area contributed by atoms with Gasteiger partial charge in [-0.3, -0.25) is 4.90 Å². The average Bonchev–Trinajstić information content (AvgIpc) is 2.93. The molecule has 0 unspecified atom stereocenters. The summed E-state index contributed by atoms with van der Waals surface area (Å²) in [6, 6.07) is 3.45. The molecule has 0 radical (unpaired) electrons. The van der Waals surface area contributed by atoms with Crippen molar-refractivity contribution in [2.24, 2.45) is 0 Å². The van der Waals surface area contributed by atoms with E-state index in [9.17, 15) is 4.79 Å². The second kappa shape index (κ2) is 7.00. The molecular weight excluding hydrogens is 294 g/mol. The van der Waals surface area contributed by atoms with Crippen molar-refractivity contribution in [1.29, 1.82) is 0 Å². The van der Waals surface area contributed by atoms with Gasteiger partial charge < -0.3 is 14.6 Å². The average molecular weight is 314 g/mol. The molecule has 0 bridgehead atoms. The van der Waals surface area contributed by atoms with Gasteiger partial charge in [0.05, 0.1) is 7.11 Å². The molecule has 0 amide bonds. The first-order chi connectivity index (χ1) is 10.0. The van der Waals surface area contributed by atoms with Crippen molar-refractivity contribution in [3.63, 3.8) is 0 Å². The van der Waals surface area contributed by atoms with Crippen LogP contribution in [-0.4, -0.2) is 42.3 Å². The molecule has 2 rings (SSSR count). The van der Waals surface area contributed by atoms with Crippen molar-refractivity contribution in [2.45, 2.75) is 32.4 Å². The number of carboxylic acids is 1. The molecule has 21 heavy (non-hydrogen) atoms. The zero-order valence-corrected chi connectivity index (χ0v) is 13.0. The molecule has 1 aliphatic heterocycles. The minimum atomic E-state index is -1.01. The van der Waals surface area contributed by atoms with Gasteiger partial charge in [0, 0.05) is 23.2 Å². The zero-order valence-electron chi connectivity index (χ0n) is 12.3. The molecule has 5 nitrogen and oxygen atoms in total. The highest BCUT2D eigenvalue weighted by atomic mass is 35.5. The van der Waals surface area contributed by atoms with E-state index < -0.39 is 12.1 Å². The number of benzene rings is 1. The van der Waals surface area contributed by atoms with Gasteiger partial charge in [0.2, 0.25) is 0 Å². The summed E-state index contributed by atoms with van der Waals surface area (Å²) < 4.78 is 10.9. The van der Waals surface area contributed by atoms with Crippen LogP contribution in [0.15, 0.2) is 12.1 Å². The number of carboxylic acid groups (broad SMARTS) is 1. The van der Waals surface area contributed by atoms with E-state index in [1.807, 2.05) is 6.07 Å². The van der Waals surface area contributed by atoms with Gasteiger partial charge in [0.25, 0.3) is 0 Å². The van der Waals surface area contributed by atoms with E-state index in [0.29, 0.717) is 23.1 Å². The van der Waals surface area contributed by atoms with Gasteiger partial charge in [-0.25, -0.2) is 4.79 Å². The summed E-state index contributed by atoms with van der Waals surface area (Å²) in [5.41, 5.74) is 0.856. The molecule has 116 valence electrons. The molecule has 1 atom stereocenters.